The van der Waals surface area contributed by atoms with Crippen LogP contribution in [-0.4, -0.2) is 10.9 Å². The molecule has 0 aliphatic rings. The van der Waals surface area contributed by atoms with E-state index >= 15 is 0 Å². The van der Waals surface area contributed by atoms with Crippen LogP contribution in [0.4, 0.5) is 0 Å². The number of aryl methyl sites for hydroxylation is 3. The molecule has 3 aromatic rings. The predicted octanol–water partition coefficient (Wildman–Crippen LogP) is 4.20. The lowest BCUT2D eigenvalue weighted by atomic mass is 10.1. The summed E-state index contributed by atoms with van der Waals surface area (Å²) in [5.41, 5.74) is 4.54. The molecule has 4 heteroatoms. The number of oxazole rings is 1. The van der Waals surface area contributed by atoms with Crippen molar-refractivity contribution in [1.29, 1.82) is 0 Å². The summed E-state index contributed by atoms with van der Waals surface area (Å²) in [6, 6.07) is 15.9. The van der Waals surface area contributed by atoms with Crippen LogP contribution >= 0.6 is 0 Å². The Kier molecular flexibility index (Phi) is 4.47. The van der Waals surface area contributed by atoms with Gasteiger partial charge in [0.2, 0.25) is 5.89 Å². The van der Waals surface area contributed by atoms with E-state index in [1.54, 1.807) is 6.92 Å². The Morgan fingerprint density at radius 3 is 2.46 bits per heavy atom. The SMILES string of the molecule is Cc1ccc(CNC(=O)c2nc(-c3ccccc3C)oc2C)cc1. The Morgan fingerprint density at radius 2 is 1.75 bits per heavy atom. The normalized spacial score (nSPS) is 10.6. The van der Waals surface area contributed by atoms with Crippen LogP contribution < -0.4 is 5.32 Å². The second-order valence-corrected chi connectivity index (χ2v) is 5.91. The number of nitrogens with one attached hydrogen (secondary N) is 1. The van der Waals surface area contributed by atoms with E-state index in [9.17, 15) is 4.79 Å². The van der Waals surface area contributed by atoms with E-state index in [2.05, 4.69) is 10.3 Å². The van der Waals surface area contributed by atoms with E-state index < -0.39 is 0 Å². The Bertz CT molecular complexity index is 864. The van der Waals surface area contributed by atoms with Crippen molar-refractivity contribution in [2.24, 2.45) is 0 Å². The van der Waals surface area contributed by atoms with Crippen molar-refractivity contribution in [1.82, 2.24) is 10.3 Å². The third-order valence-electron chi connectivity index (χ3n) is 3.96. The van der Waals surface area contributed by atoms with Gasteiger partial charge in [-0.25, -0.2) is 4.98 Å². The molecule has 2 aromatic carbocycles. The average Bonchev–Trinajstić information content (AvgIpc) is 2.96. The summed E-state index contributed by atoms with van der Waals surface area (Å²) in [5, 5.41) is 2.89. The summed E-state index contributed by atoms with van der Waals surface area (Å²) in [7, 11) is 0. The molecule has 0 atom stereocenters. The monoisotopic (exact) mass is 320 g/mol. The second kappa shape index (κ2) is 6.71. The molecule has 1 heterocycles. The molecule has 1 N–H and O–H groups in total. The molecule has 24 heavy (non-hydrogen) atoms. The summed E-state index contributed by atoms with van der Waals surface area (Å²) in [6.45, 7) is 6.25. The van der Waals surface area contributed by atoms with Crippen LogP contribution in [-0.2, 0) is 6.54 Å². The molecule has 0 aliphatic carbocycles. The number of nitrogens with zero attached hydrogens (tertiary/aromatic N) is 1. The summed E-state index contributed by atoms with van der Waals surface area (Å²) in [5.74, 6) is 0.775. The molecule has 0 unspecified atom stereocenters. The summed E-state index contributed by atoms with van der Waals surface area (Å²) >= 11 is 0. The van der Waals surface area contributed by atoms with E-state index in [1.807, 2.05) is 62.4 Å². The van der Waals surface area contributed by atoms with E-state index in [4.69, 9.17) is 4.42 Å². The number of hydrogen-bond donors (Lipinski definition) is 1. The first-order valence-electron chi connectivity index (χ1n) is 7.92. The highest BCUT2D eigenvalue weighted by Gasteiger charge is 2.18. The Balaban J connectivity index is 1.76. The van der Waals surface area contributed by atoms with Crippen molar-refractivity contribution in [2.45, 2.75) is 27.3 Å². The van der Waals surface area contributed by atoms with Gasteiger partial charge < -0.3 is 9.73 Å². The first-order valence-corrected chi connectivity index (χ1v) is 7.92. The molecule has 0 saturated carbocycles. The van der Waals surface area contributed by atoms with Gasteiger partial charge in [0.25, 0.3) is 5.91 Å². The van der Waals surface area contributed by atoms with Crippen LogP contribution in [0.2, 0.25) is 0 Å². The first-order chi connectivity index (χ1) is 11.5. The second-order valence-electron chi connectivity index (χ2n) is 5.91. The zero-order valence-corrected chi connectivity index (χ0v) is 14.1. The van der Waals surface area contributed by atoms with Gasteiger partial charge in [-0.3, -0.25) is 4.79 Å². The standard InChI is InChI=1S/C20H20N2O2/c1-13-8-10-16(11-9-13)12-21-19(23)18-15(3)24-20(22-18)17-7-5-4-6-14(17)2/h4-11H,12H2,1-3H3,(H,21,23). The maximum Gasteiger partial charge on any atom is 0.273 e. The summed E-state index contributed by atoms with van der Waals surface area (Å²) < 4.78 is 5.70. The summed E-state index contributed by atoms with van der Waals surface area (Å²) in [6.07, 6.45) is 0. The van der Waals surface area contributed by atoms with Gasteiger partial charge in [-0.2, -0.15) is 0 Å². The molecule has 4 nitrogen and oxygen atoms in total. The lowest BCUT2D eigenvalue weighted by Gasteiger charge is -2.04. The zero-order chi connectivity index (χ0) is 17.1. The minimum Gasteiger partial charge on any atom is -0.441 e. The van der Waals surface area contributed by atoms with E-state index in [-0.39, 0.29) is 5.91 Å². The Labute approximate surface area is 141 Å². The zero-order valence-electron chi connectivity index (χ0n) is 14.1. The van der Waals surface area contributed by atoms with Crippen molar-refractivity contribution < 1.29 is 9.21 Å². The van der Waals surface area contributed by atoms with Crippen molar-refractivity contribution in [3.8, 4) is 11.5 Å². The van der Waals surface area contributed by atoms with E-state index in [0.717, 1.165) is 16.7 Å². The van der Waals surface area contributed by atoms with Crippen LogP contribution in [0.1, 0.15) is 32.9 Å². The number of aromatic nitrogens is 1. The van der Waals surface area contributed by atoms with E-state index in [1.165, 1.54) is 5.56 Å². The molecule has 0 spiro atoms. The topological polar surface area (TPSA) is 55.1 Å². The van der Waals surface area contributed by atoms with Crippen molar-refractivity contribution in [3.05, 3.63) is 76.7 Å². The van der Waals surface area contributed by atoms with Gasteiger partial charge in [-0.15, -0.1) is 0 Å². The summed E-state index contributed by atoms with van der Waals surface area (Å²) in [4.78, 5) is 16.8. The fourth-order valence-corrected chi connectivity index (χ4v) is 2.51. The van der Waals surface area contributed by atoms with Crippen molar-refractivity contribution in [3.63, 3.8) is 0 Å². The van der Waals surface area contributed by atoms with Gasteiger partial charge in [0, 0.05) is 12.1 Å². The van der Waals surface area contributed by atoms with Crippen LogP contribution in [0.5, 0.6) is 0 Å². The molecule has 1 aromatic heterocycles. The lowest BCUT2D eigenvalue weighted by Crippen LogP contribution is -2.23. The molecule has 0 aliphatic heterocycles. The third-order valence-corrected chi connectivity index (χ3v) is 3.96. The fraction of sp³-hybridized carbons (Fsp3) is 0.200. The van der Waals surface area contributed by atoms with Crippen molar-refractivity contribution in [2.75, 3.05) is 0 Å². The minimum atomic E-state index is -0.225. The smallest absolute Gasteiger partial charge is 0.273 e. The van der Waals surface area contributed by atoms with Crippen LogP contribution in [0.25, 0.3) is 11.5 Å². The van der Waals surface area contributed by atoms with Gasteiger partial charge >= 0.3 is 0 Å². The molecule has 0 bridgehead atoms. The average molecular weight is 320 g/mol. The van der Waals surface area contributed by atoms with Gasteiger partial charge in [-0.05, 0) is 38.0 Å². The maximum absolute atomic E-state index is 12.4. The van der Waals surface area contributed by atoms with Gasteiger partial charge in [-0.1, -0.05) is 48.0 Å². The maximum atomic E-state index is 12.4. The molecule has 0 fully saturated rings. The largest absolute Gasteiger partial charge is 0.441 e. The molecule has 1 amide bonds. The van der Waals surface area contributed by atoms with Gasteiger partial charge in [0.15, 0.2) is 5.69 Å². The highest BCUT2D eigenvalue weighted by atomic mass is 16.4. The predicted molar refractivity (Wildman–Crippen MR) is 93.8 cm³/mol. The highest BCUT2D eigenvalue weighted by Crippen LogP contribution is 2.24. The Hall–Kier alpha value is -2.88. The molecule has 122 valence electrons. The van der Waals surface area contributed by atoms with Crippen molar-refractivity contribution >= 4 is 5.91 Å². The molecule has 0 saturated heterocycles. The van der Waals surface area contributed by atoms with Crippen LogP contribution in [0.3, 0.4) is 0 Å². The lowest BCUT2D eigenvalue weighted by molar-refractivity contribution is 0.0945. The van der Waals surface area contributed by atoms with E-state index in [0.29, 0.717) is 23.9 Å². The first kappa shape index (κ1) is 16.0. The van der Waals surface area contributed by atoms with Gasteiger partial charge in [0.1, 0.15) is 5.76 Å². The quantitative estimate of drug-likeness (QED) is 0.784. The number of amides is 1. The number of benzene rings is 2. The number of carbonyl (C=O) groups excluding carboxylic acids is 1. The third kappa shape index (κ3) is 3.38. The fourth-order valence-electron chi connectivity index (χ4n) is 2.51. The van der Waals surface area contributed by atoms with Crippen LogP contribution in [0, 0.1) is 20.8 Å². The molecular formula is C20H20N2O2. The Morgan fingerprint density at radius 1 is 1.04 bits per heavy atom. The molecule has 0 radical (unpaired) electrons. The number of carbonyl (C=O) groups is 1. The number of rotatable bonds is 4. The minimum absolute atomic E-state index is 0.225. The molecule has 3 rings (SSSR count). The van der Waals surface area contributed by atoms with Gasteiger partial charge in [0.05, 0.1) is 0 Å². The van der Waals surface area contributed by atoms with Crippen LogP contribution in [0.15, 0.2) is 52.9 Å². The highest BCUT2D eigenvalue weighted by molar-refractivity contribution is 5.93. The molecular weight excluding hydrogens is 300 g/mol. The number of hydrogen-bond acceptors (Lipinski definition) is 3.